The van der Waals surface area contributed by atoms with E-state index in [0.717, 1.165) is 16.9 Å². The van der Waals surface area contributed by atoms with Crippen LogP contribution in [0.5, 0.6) is 0 Å². The number of hydrogen-bond acceptors (Lipinski definition) is 2. The third-order valence-electron chi connectivity index (χ3n) is 2.08. The third kappa shape index (κ3) is 2.07. The van der Waals surface area contributed by atoms with Crippen molar-refractivity contribution < 1.29 is 4.39 Å². The van der Waals surface area contributed by atoms with E-state index in [-0.39, 0.29) is 5.82 Å². The van der Waals surface area contributed by atoms with Crippen LogP contribution in [0.1, 0.15) is 11.3 Å². The van der Waals surface area contributed by atoms with Gasteiger partial charge in [0.1, 0.15) is 5.82 Å². The number of rotatable bonds is 2. The summed E-state index contributed by atoms with van der Waals surface area (Å²) >= 11 is 3.30. The smallest absolute Gasteiger partial charge is 0.123 e. The van der Waals surface area contributed by atoms with Gasteiger partial charge in [0.2, 0.25) is 0 Å². The Morgan fingerprint density at radius 1 is 1.47 bits per heavy atom. The van der Waals surface area contributed by atoms with Crippen LogP contribution in [0.3, 0.4) is 0 Å². The summed E-state index contributed by atoms with van der Waals surface area (Å²) in [7, 11) is 0. The van der Waals surface area contributed by atoms with Gasteiger partial charge in [0.25, 0.3) is 0 Å². The molecule has 15 heavy (non-hydrogen) atoms. The first-order valence-corrected chi connectivity index (χ1v) is 5.56. The maximum atomic E-state index is 12.9. The summed E-state index contributed by atoms with van der Waals surface area (Å²) in [6.07, 6.45) is 1.81. The molecule has 0 aliphatic rings. The molecule has 1 aromatic carbocycles. The van der Waals surface area contributed by atoms with Gasteiger partial charge < -0.3 is 0 Å². The van der Waals surface area contributed by atoms with Gasteiger partial charge >= 0.3 is 0 Å². The van der Waals surface area contributed by atoms with Gasteiger partial charge in [-0.15, -0.1) is 5.10 Å². The van der Waals surface area contributed by atoms with Crippen molar-refractivity contribution >= 4 is 15.9 Å². The molecule has 0 saturated heterocycles. The highest BCUT2D eigenvalue weighted by Gasteiger charge is 2.05. The summed E-state index contributed by atoms with van der Waals surface area (Å²) in [5.74, 6) is -0.239. The summed E-state index contributed by atoms with van der Waals surface area (Å²) in [6.45, 7) is 1.84. The van der Waals surface area contributed by atoms with E-state index in [9.17, 15) is 4.39 Å². The van der Waals surface area contributed by atoms with Crippen LogP contribution in [0.25, 0.3) is 5.69 Å². The fourth-order valence-corrected chi connectivity index (χ4v) is 1.61. The van der Waals surface area contributed by atoms with E-state index in [2.05, 4.69) is 26.2 Å². The summed E-state index contributed by atoms with van der Waals surface area (Å²) in [6, 6.07) is 4.58. The Balaban J connectivity index is 2.44. The van der Waals surface area contributed by atoms with Crippen LogP contribution < -0.4 is 0 Å². The highest BCUT2D eigenvalue weighted by atomic mass is 79.9. The fourth-order valence-electron chi connectivity index (χ4n) is 1.35. The number of benzene rings is 1. The van der Waals surface area contributed by atoms with Crippen molar-refractivity contribution in [2.24, 2.45) is 0 Å². The maximum absolute atomic E-state index is 12.9. The lowest BCUT2D eigenvalue weighted by Gasteiger charge is -2.03. The molecule has 0 amide bonds. The van der Waals surface area contributed by atoms with Crippen molar-refractivity contribution in [1.29, 1.82) is 0 Å². The Morgan fingerprint density at radius 3 is 2.87 bits per heavy atom. The number of halogens is 2. The van der Waals surface area contributed by atoms with Gasteiger partial charge in [0.05, 0.1) is 17.6 Å². The zero-order valence-corrected chi connectivity index (χ0v) is 9.70. The first-order valence-electron chi connectivity index (χ1n) is 4.44. The Kier molecular flexibility index (Phi) is 2.81. The van der Waals surface area contributed by atoms with Gasteiger partial charge in [-0.2, -0.15) is 0 Å². The van der Waals surface area contributed by atoms with Crippen LogP contribution in [0.15, 0.2) is 24.4 Å². The first-order chi connectivity index (χ1) is 7.20. The molecule has 0 aliphatic carbocycles. The Morgan fingerprint density at radius 2 is 2.27 bits per heavy atom. The minimum Gasteiger partial charge on any atom is -0.220 e. The molecule has 0 unspecified atom stereocenters. The van der Waals surface area contributed by atoms with Gasteiger partial charge in [-0.05, 0) is 30.7 Å². The Bertz CT molecular complexity index is 481. The van der Waals surface area contributed by atoms with Crippen LogP contribution >= 0.6 is 15.9 Å². The predicted octanol–water partition coefficient (Wildman–Crippen LogP) is 2.61. The highest BCUT2D eigenvalue weighted by Crippen LogP contribution is 2.14. The molecule has 1 aromatic heterocycles. The molecule has 0 aliphatic heterocycles. The minimum absolute atomic E-state index is 0.239. The van der Waals surface area contributed by atoms with E-state index in [1.54, 1.807) is 10.7 Å². The largest absolute Gasteiger partial charge is 0.220 e. The van der Waals surface area contributed by atoms with Crippen molar-refractivity contribution in [2.75, 3.05) is 0 Å². The molecule has 0 bridgehead atoms. The standard InChI is InChI=1S/C10H9BrFN3/c1-7-4-8(12)2-3-10(7)15-6-9(5-11)13-14-15/h2-4,6H,5H2,1H3. The average molecular weight is 270 g/mol. The second-order valence-corrected chi connectivity index (χ2v) is 3.78. The molecule has 78 valence electrons. The molecule has 0 saturated carbocycles. The monoisotopic (exact) mass is 269 g/mol. The van der Waals surface area contributed by atoms with E-state index in [1.807, 2.05) is 13.1 Å². The second kappa shape index (κ2) is 4.10. The summed E-state index contributed by atoms with van der Waals surface area (Å²) in [5, 5.41) is 8.57. The Hall–Kier alpha value is -1.23. The minimum atomic E-state index is -0.239. The number of alkyl halides is 1. The van der Waals surface area contributed by atoms with Crippen LogP contribution in [-0.4, -0.2) is 15.0 Å². The van der Waals surface area contributed by atoms with Crippen molar-refractivity contribution in [2.45, 2.75) is 12.3 Å². The van der Waals surface area contributed by atoms with E-state index >= 15 is 0 Å². The van der Waals surface area contributed by atoms with E-state index in [1.165, 1.54) is 12.1 Å². The van der Waals surface area contributed by atoms with Crippen LogP contribution in [0.4, 0.5) is 4.39 Å². The number of aromatic nitrogens is 3. The summed E-state index contributed by atoms with van der Waals surface area (Å²) in [5.41, 5.74) is 2.52. The van der Waals surface area contributed by atoms with Gasteiger partial charge in [-0.3, -0.25) is 0 Å². The molecule has 0 atom stereocenters. The molecule has 2 rings (SSSR count). The molecule has 0 fully saturated rings. The maximum Gasteiger partial charge on any atom is 0.123 e. The van der Waals surface area contributed by atoms with Crippen LogP contribution in [0, 0.1) is 12.7 Å². The molecule has 0 radical (unpaired) electrons. The zero-order chi connectivity index (χ0) is 10.8. The molecular weight excluding hydrogens is 261 g/mol. The molecule has 0 N–H and O–H groups in total. The molecule has 5 heteroatoms. The molecule has 0 spiro atoms. The summed E-state index contributed by atoms with van der Waals surface area (Å²) in [4.78, 5) is 0. The van der Waals surface area contributed by atoms with Crippen molar-refractivity contribution in [3.05, 3.63) is 41.5 Å². The molecule has 1 heterocycles. The lowest BCUT2D eigenvalue weighted by molar-refractivity contribution is 0.625. The zero-order valence-electron chi connectivity index (χ0n) is 8.11. The van der Waals surface area contributed by atoms with Crippen molar-refractivity contribution in [1.82, 2.24) is 15.0 Å². The summed E-state index contributed by atoms with van der Waals surface area (Å²) < 4.78 is 14.5. The van der Waals surface area contributed by atoms with Gasteiger partial charge in [0.15, 0.2) is 0 Å². The van der Waals surface area contributed by atoms with E-state index in [4.69, 9.17) is 0 Å². The predicted molar refractivity (Wildman–Crippen MR) is 58.7 cm³/mol. The number of nitrogens with zero attached hydrogens (tertiary/aromatic N) is 3. The quantitative estimate of drug-likeness (QED) is 0.785. The lowest BCUT2D eigenvalue weighted by atomic mass is 10.2. The topological polar surface area (TPSA) is 30.7 Å². The number of aryl methyl sites for hydroxylation is 1. The lowest BCUT2D eigenvalue weighted by Crippen LogP contribution is -1.98. The molecular formula is C10H9BrFN3. The molecule has 3 nitrogen and oxygen atoms in total. The second-order valence-electron chi connectivity index (χ2n) is 3.22. The van der Waals surface area contributed by atoms with Gasteiger partial charge in [-0.1, -0.05) is 21.1 Å². The van der Waals surface area contributed by atoms with Crippen molar-refractivity contribution in [3.63, 3.8) is 0 Å². The molecule has 2 aromatic rings. The van der Waals surface area contributed by atoms with Crippen LogP contribution in [0.2, 0.25) is 0 Å². The van der Waals surface area contributed by atoms with Gasteiger partial charge in [-0.25, -0.2) is 9.07 Å². The third-order valence-corrected chi connectivity index (χ3v) is 2.66. The number of hydrogen-bond donors (Lipinski definition) is 0. The highest BCUT2D eigenvalue weighted by molar-refractivity contribution is 9.08. The van der Waals surface area contributed by atoms with E-state index in [0.29, 0.717) is 5.33 Å². The van der Waals surface area contributed by atoms with E-state index < -0.39 is 0 Å². The normalized spacial score (nSPS) is 10.6. The SMILES string of the molecule is Cc1cc(F)ccc1-n1cc(CBr)nn1. The fraction of sp³-hybridized carbons (Fsp3) is 0.200. The van der Waals surface area contributed by atoms with Crippen molar-refractivity contribution in [3.8, 4) is 5.69 Å². The average Bonchev–Trinajstić information content (AvgIpc) is 2.66. The Labute approximate surface area is 95.0 Å². The van der Waals surface area contributed by atoms with Gasteiger partial charge in [0, 0.05) is 5.33 Å². The first kappa shape index (κ1) is 10.3. The van der Waals surface area contributed by atoms with Crippen LogP contribution in [-0.2, 0) is 5.33 Å².